The molecule has 5 heteroatoms. The summed E-state index contributed by atoms with van der Waals surface area (Å²) in [5.74, 6) is -0.337. The van der Waals surface area contributed by atoms with Gasteiger partial charge in [0.05, 0.1) is 17.7 Å². The van der Waals surface area contributed by atoms with E-state index in [0.29, 0.717) is 12.1 Å². The summed E-state index contributed by atoms with van der Waals surface area (Å²) in [6.07, 6.45) is 0.177. The summed E-state index contributed by atoms with van der Waals surface area (Å²) in [4.78, 5) is 2.36. The van der Waals surface area contributed by atoms with E-state index in [0.717, 1.165) is 32.8 Å². The van der Waals surface area contributed by atoms with Crippen molar-refractivity contribution in [2.24, 2.45) is 0 Å². The topological polar surface area (TPSA) is 24.5 Å². The maximum Gasteiger partial charge on any atom is 0.146 e. The summed E-state index contributed by atoms with van der Waals surface area (Å²) < 4.78 is 19.4. The molecule has 1 aromatic rings. The van der Waals surface area contributed by atoms with Crippen LogP contribution in [0.4, 0.5) is 4.39 Å². The SMILES string of the molecule is CCN1CCOC(CNCc2cccc(Cl)c2F)C1. The highest BCUT2D eigenvalue weighted by atomic mass is 35.5. The second-order valence-electron chi connectivity index (χ2n) is 4.73. The van der Waals surface area contributed by atoms with Crippen molar-refractivity contribution in [3.63, 3.8) is 0 Å². The molecule has 0 radical (unpaired) electrons. The lowest BCUT2D eigenvalue weighted by atomic mass is 10.2. The van der Waals surface area contributed by atoms with Crippen molar-refractivity contribution in [3.8, 4) is 0 Å². The molecule has 0 aliphatic carbocycles. The van der Waals surface area contributed by atoms with E-state index in [1.807, 2.05) is 0 Å². The zero-order valence-corrected chi connectivity index (χ0v) is 11.9. The van der Waals surface area contributed by atoms with Gasteiger partial charge in [-0.3, -0.25) is 4.90 Å². The van der Waals surface area contributed by atoms with E-state index in [-0.39, 0.29) is 16.9 Å². The molecule has 1 fully saturated rings. The minimum Gasteiger partial charge on any atom is -0.374 e. The van der Waals surface area contributed by atoms with Gasteiger partial charge in [0.1, 0.15) is 5.82 Å². The summed E-state index contributed by atoms with van der Waals surface area (Å²) >= 11 is 5.75. The smallest absolute Gasteiger partial charge is 0.146 e. The highest BCUT2D eigenvalue weighted by Gasteiger charge is 2.18. The number of rotatable bonds is 5. The molecule has 0 amide bonds. The third-order valence-electron chi connectivity index (χ3n) is 3.39. The van der Waals surface area contributed by atoms with Crippen molar-refractivity contribution in [1.82, 2.24) is 10.2 Å². The van der Waals surface area contributed by atoms with E-state index in [4.69, 9.17) is 16.3 Å². The monoisotopic (exact) mass is 286 g/mol. The Morgan fingerprint density at radius 1 is 1.53 bits per heavy atom. The summed E-state index contributed by atoms with van der Waals surface area (Å²) in [6.45, 7) is 7.09. The maximum absolute atomic E-state index is 13.7. The van der Waals surface area contributed by atoms with Crippen LogP contribution in [0.5, 0.6) is 0 Å². The number of benzene rings is 1. The molecule has 106 valence electrons. The fourth-order valence-corrected chi connectivity index (χ4v) is 2.44. The molecule has 1 aliphatic rings. The van der Waals surface area contributed by atoms with Gasteiger partial charge in [0.2, 0.25) is 0 Å². The molecule has 1 atom stereocenters. The van der Waals surface area contributed by atoms with Crippen LogP contribution in [0, 0.1) is 5.82 Å². The Hall–Kier alpha value is -0.680. The molecular weight excluding hydrogens is 267 g/mol. The average molecular weight is 287 g/mol. The summed E-state index contributed by atoms with van der Waals surface area (Å²) in [5.41, 5.74) is 0.593. The molecule has 3 nitrogen and oxygen atoms in total. The van der Waals surface area contributed by atoms with Crippen LogP contribution in [0.1, 0.15) is 12.5 Å². The fraction of sp³-hybridized carbons (Fsp3) is 0.571. The van der Waals surface area contributed by atoms with Gasteiger partial charge in [-0.25, -0.2) is 4.39 Å². The van der Waals surface area contributed by atoms with Crippen molar-refractivity contribution >= 4 is 11.6 Å². The lowest BCUT2D eigenvalue weighted by Crippen LogP contribution is -2.46. The number of likely N-dealkylation sites (N-methyl/N-ethyl adjacent to an activating group) is 1. The quantitative estimate of drug-likeness (QED) is 0.899. The Bertz CT molecular complexity index is 416. The number of morpholine rings is 1. The van der Waals surface area contributed by atoms with Gasteiger partial charge in [0, 0.05) is 31.7 Å². The first-order valence-corrected chi connectivity index (χ1v) is 7.06. The van der Waals surface area contributed by atoms with E-state index >= 15 is 0 Å². The molecule has 1 saturated heterocycles. The number of nitrogens with one attached hydrogen (secondary N) is 1. The molecule has 19 heavy (non-hydrogen) atoms. The Morgan fingerprint density at radius 3 is 3.16 bits per heavy atom. The number of halogens is 2. The Kier molecular flexibility index (Phi) is 5.58. The van der Waals surface area contributed by atoms with Crippen molar-refractivity contribution in [2.45, 2.75) is 19.6 Å². The predicted molar refractivity (Wildman–Crippen MR) is 75.0 cm³/mol. The number of hydrogen-bond donors (Lipinski definition) is 1. The Labute approximate surface area is 118 Å². The van der Waals surface area contributed by atoms with E-state index < -0.39 is 0 Å². The van der Waals surface area contributed by atoms with Crippen molar-refractivity contribution in [3.05, 3.63) is 34.6 Å². The van der Waals surface area contributed by atoms with Crippen LogP contribution in [0.25, 0.3) is 0 Å². The normalized spacial score (nSPS) is 20.7. The number of nitrogens with zero attached hydrogens (tertiary/aromatic N) is 1. The predicted octanol–water partition coefficient (Wildman–Crippen LogP) is 2.29. The standard InChI is InChI=1S/C14H20ClFN2O/c1-2-18-6-7-19-12(10-18)9-17-8-11-4-3-5-13(15)14(11)16/h3-5,12,17H,2,6-10H2,1H3. The van der Waals surface area contributed by atoms with Crippen LogP contribution < -0.4 is 5.32 Å². The molecule has 0 bridgehead atoms. The van der Waals surface area contributed by atoms with Crippen LogP contribution >= 0.6 is 11.6 Å². The first kappa shape index (κ1) is 14.7. The molecule has 0 aromatic heterocycles. The molecule has 1 heterocycles. The molecule has 1 unspecified atom stereocenters. The van der Waals surface area contributed by atoms with Gasteiger partial charge in [-0.05, 0) is 12.6 Å². The van der Waals surface area contributed by atoms with Crippen LogP contribution in [-0.4, -0.2) is 43.8 Å². The van der Waals surface area contributed by atoms with Gasteiger partial charge in [-0.1, -0.05) is 30.7 Å². The second-order valence-corrected chi connectivity index (χ2v) is 5.14. The Balaban J connectivity index is 1.78. The van der Waals surface area contributed by atoms with Gasteiger partial charge in [0.15, 0.2) is 0 Å². The van der Waals surface area contributed by atoms with Gasteiger partial charge < -0.3 is 10.1 Å². The summed E-state index contributed by atoms with van der Waals surface area (Å²) in [5, 5.41) is 3.41. The summed E-state index contributed by atoms with van der Waals surface area (Å²) in [6, 6.07) is 5.07. The number of hydrogen-bond acceptors (Lipinski definition) is 3. The zero-order chi connectivity index (χ0) is 13.7. The third-order valence-corrected chi connectivity index (χ3v) is 3.68. The minimum atomic E-state index is -0.337. The van der Waals surface area contributed by atoms with E-state index in [1.54, 1.807) is 18.2 Å². The lowest BCUT2D eigenvalue weighted by molar-refractivity contribution is -0.0254. The first-order chi connectivity index (χ1) is 9.20. The van der Waals surface area contributed by atoms with Gasteiger partial charge in [0.25, 0.3) is 0 Å². The van der Waals surface area contributed by atoms with E-state index in [1.165, 1.54) is 0 Å². The summed E-state index contributed by atoms with van der Waals surface area (Å²) in [7, 11) is 0. The average Bonchev–Trinajstić information content (AvgIpc) is 2.44. The largest absolute Gasteiger partial charge is 0.374 e. The maximum atomic E-state index is 13.7. The molecule has 2 rings (SSSR count). The van der Waals surface area contributed by atoms with Gasteiger partial charge >= 0.3 is 0 Å². The van der Waals surface area contributed by atoms with Crippen molar-refractivity contribution in [1.29, 1.82) is 0 Å². The van der Waals surface area contributed by atoms with Crippen molar-refractivity contribution in [2.75, 3.05) is 32.8 Å². The fourth-order valence-electron chi connectivity index (χ4n) is 2.24. The molecule has 0 saturated carbocycles. The van der Waals surface area contributed by atoms with E-state index in [2.05, 4.69) is 17.1 Å². The highest BCUT2D eigenvalue weighted by molar-refractivity contribution is 6.30. The molecule has 1 aromatic carbocycles. The van der Waals surface area contributed by atoms with Gasteiger partial charge in [-0.15, -0.1) is 0 Å². The second kappa shape index (κ2) is 7.20. The lowest BCUT2D eigenvalue weighted by Gasteiger charge is -2.32. The van der Waals surface area contributed by atoms with Gasteiger partial charge in [-0.2, -0.15) is 0 Å². The molecule has 0 spiro atoms. The number of ether oxygens (including phenoxy) is 1. The zero-order valence-electron chi connectivity index (χ0n) is 11.2. The van der Waals surface area contributed by atoms with Crippen LogP contribution in [0.2, 0.25) is 5.02 Å². The van der Waals surface area contributed by atoms with Crippen LogP contribution in [0.15, 0.2) is 18.2 Å². The minimum absolute atomic E-state index is 0.172. The highest BCUT2D eigenvalue weighted by Crippen LogP contribution is 2.17. The van der Waals surface area contributed by atoms with Crippen LogP contribution in [0.3, 0.4) is 0 Å². The Morgan fingerprint density at radius 2 is 2.37 bits per heavy atom. The molecular formula is C14H20ClFN2O. The third kappa shape index (κ3) is 4.14. The van der Waals surface area contributed by atoms with Crippen molar-refractivity contribution < 1.29 is 9.13 Å². The first-order valence-electron chi connectivity index (χ1n) is 6.68. The van der Waals surface area contributed by atoms with Crippen LogP contribution in [-0.2, 0) is 11.3 Å². The molecule has 1 N–H and O–H groups in total. The van der Waals surface area contributed by atoms with E-state index in [9.17, 15) is 4.39 Å². The molecule has 1 aliphatic heterocycles.